The second kappa shape index (κ2) is 7.38. The number of benzene rings is 1. The Morgan fingerprint density at radius 2 is 1.91 bits per heavy atom. The second-order valence-corrected chi connectivity index (χ2v) is 7.43. The number of carbonyl (C=O) groups is 1. The van der Waals surface area contributed by atoms with Crippen molar-refractivity contribution in [1.29, 1.82) is 0 Å². The van der Waals surface area contributed by atoms with Gasteiger partial charge in [-0.2, -0.15) is 8.78 Å². The summed E-state index contributed by atoms with van der Waals surface area (Å²) in [5.74, 6) is -6.98. The Morgan fingerprint density at radius 3 is 2.43 bits per heavy atom. The highest BCUT2D eigenvalue weighted by Gasteiger charge is 2.45. The van der Waals surface area contributed by atoms with Gasteiger partial charge >= 0.3 is 11.9 Å². The van der Waals surface area contributed by atoms with Crippen molar-refractivity contribution in [2.75, 3.05) is 6.61 Å². The molecule has 0 saturated heterocycles. The number of hydrogen-bond acceptors (Lipinski definition) is 4. The average Bonchev–Trinajstić information content (AvgIpc) is 2.44. The van der Waals surface area contributed by atoms with E-state index in [2.05, 4.69) is 9.13 Å². The van der Waals surface area contributed by atoms with Gasteiger partial charge in [0, 0.05) is 10.3 Å². The van der Waals surface area contributed by atoms with Crippen molar-refractivity contribution in [2.24, 2.45) is 4.40 Å². The van der Waals surface area contributed by atoms with Crippen LogP contribution in [0.2, 0.25) is 0 Å². The number of hydrogen-bond donors (Lipinski definition) is 0. The smallest absolute Gasteiger partial charge is 0.382 e. The molecule has 128 valence electrons. The molecule has 0 aromatic heterocycles. The van der Waals surface area contributed by atoms with Crippen LogP contribution < -0.4 is 0 Å². The molecule has 1 aromatic carbocycles. The van der Waals surface area contributed by atoms with Gasteiger partial charge in [0.25, 0.3) is 0 Å². The molecule has 0 amide bonds. The van der Waals surface area contributed by atoms with Gasteiger partial charge in [0.05, 0.1) is 17.9 Å². The lowest BCUT2D eigenvalue weighted by molar-refractivity contribution is -0.173. The minimum absolute atomic E-state index is 0.0665. The van der Waals surface area contributed by atoms with E-state index in [1.54, 1.807) is 0 Å². The minimum Gasteiger partial charge on any atom is -0.461 e. The van der Waals surface area contributed by atoms with Crippen LogP contribution in [0.25, 0.3) is 0 Å². The molecular formula is C16H20F3NO2S. The standard InChI is InChI=1S/C16H20F3NO2S/c1-6-22-14(21)16(18,19)12-9-7-8-11(13(12)17)10(2)20-23-15(3,4)5/h7-9H,6H2,1-5H3/b20-10+. The Labute approximate surface area is 138 Å². The Hall–Kier alpha value is -1.50. The number of carbonyl (C=O) groups excluding carboxylic acids is 1. The zero-order valence-electron chi connectivity index (χ0n) is 13.7. The maximum atomic E-state index is 14.5. The second-order valence-electron chi connectivity index (χ2n) is 5.84. The van der Waals surface area contributed by atoms with Crippen molar-refractivity contribution in [2.45, 2.75) is 45.3 Å². The van der Waals surface area contributed by atoms with Crippen molar-refractivity contribution in [3.05, 3.63) is 35.1 Å². The highest BCUT2D eigenvalue weighted by molar-refractivity contribution is 7.99. The molecule has 3 nitrogen and oxygen atoms in total. The van der Waals surface area contributed by atoms with E-state index < -0.39 is 23.3 Å². The number of halogens is 3. The van der Waals surface area contributed by atoms with Gasteiger partial charge in [0.1, 0.15) is 5.82 Å². The first kappa shape index (κ1) is 19.5. The molecule has 0 radical (unpaired) electrons. The van der Waals surface area contributed by atoms with Crippen molar-refractivity contribution in [3.8, 4) is 0 Å². The molecule has 1 rings (SSSR count). The van der Waals surface area contributed by atoms with Crippen LogP contribution in [-0.4, -0.2) is 23.0 Å². The van der Waals surface area contributed by atoms with Crippen LogP contribution in [-0.2, 0) is 15.5 Å². The van der Waals surface area contributed by atoms with Gasteiger partial charge in [-0.15, -0.1) is 0 Å². The van der Waals surface area contributed by atoms with Crippen molar-refractivity contribution < 1.29 is 22.7 Å². The summed E-state index contributed by atoms with van der Waals surface area (Å²) in [5.41, 5.74) is -0.809. The van der Waals surface area contributed by atoms with Crippen LogP contribution >= 0.6 is 11.9 Å². The van der Waals surface area contributed by atoms with E-state index in [9.17, 15) is 18.0 Å². The van der Waals surface area contributed by atoms with Gasteiger partial charge in [-0.3, -0.25) is 0 Å². The maximum Gasteiger partial charge on any atom is 0.382 e. The SMILES string of the molecule is CCOC(=O)C(F)(F)c1cccc(/C(C)=N/SC(C)(C)C)c1F. The van der Waals surface area contributed by atoms with E-state index in [0.29, 0.717) is 0 Å². The molecule has 0 atom stereocenters. The molecule has 0 unspecified atom stereocenters. The first-order chi connectivity index (χ1) is 10.5. The van der Waals surface area contributed by atoms with Crippen LogP contribution in [0.15, 0.2) is 22.6 Å². The number of alkyl halides is 2. The first-order valence-electron chi connectivity index (χ1n) is 7.08. The lowest BCUT2D eigenvalue weighted by Crippen LogP contribution is -2.30. The van der Waals surface area contributed by atoms with Gasteiger partial charge in [-0.25, -0.2) is 13.6 Å². The van der Waals surface area contributed by atoms with E-state index in [-0.39, 0.29) is 22.6 Å². The van der Waals surface area contributed by atoms with E-state index in [1.165, 1.54) is 37.9 Å². The zero-order chi connectivity index (χ0) is 17.8. The highest BCUT2D eigenvalue weighted by Crippen LogP contribution is 2.33. The Kier molecular flexibility index (Phi) is 6.27. The Balaban J connectivity index is 3.24. The van der Waals surface area contributed by atoms with E-state index in [1.807, 2.05) is 20.8 Å². The van der Waals surface area contributed by atoms with Crippen molar-refractivity contribution in [1.82, 2.24) is 0 Å². The summed E-state index contributed by atoms with van der Waals surface area (Å²) in [5, 5.41) is 0. The van der Waals surface area contributed by atoms with Crippen LogP contribution in [0.5, 0.6) is 0 Å². The molecule has 0 bridgehead atoms. The van der Waals surface area contributed by atoms with Gasteiger partial charge in [-0.1, -0.05) is 12.1 Å². The van der Waals surface area contributed by atoms with E-state index >= 15 is 0 Å². The number of rotatable bonds is 5. The quantitative estimate of drug-likeness (QED) is 0.439. The highest BCUT2D eigenvalue weighted by atomic mass is 32.2. The number of ether oxygens (including phenoxy) is 1. The van der Waals surface area contributed by atoms with Crippen LogP contribution in [0.1, 0.15) is 45.7 Å². The molecule has 0 aliphatic rings. The molecule has 7 heteroatoms. The van der Waals surface area contributed by atoms with Gasteiger partial charge in [0.2, 0.25) is 0 Å². The van der Waals surface area contributed by atoms with E-state index in [4.69, 9.17) is 0 Å². The molecule has 0 saturated carbocycles. The topological polar surface area (TPSA) is 38.7 Å². The normalized spacial score (nSPS) is 13.1. The summed E-state index contributed by atoms with van der Waals surface area (Å²) < 4.78 is 50.9. The fourth-order valence-corrected chi connectivity index (χ4v) is 2.15. The zero-order valence-corrected chi connectivity index (χ0v) is 14.6. The van der Waals surface area contributed by atoms with Gasteiger partial charge in [-0.05, 0) is 52.6 Å². The third kappa shape index (κ3) is 4.99. The maximum absolute atomic E-state index is 14.5. The molecule has 0 fully saturated rings. The third-order valence-corrected chi connectivity index (χ3v) is 3.63. The fraction of sp³-hybridized carbons (Fsp3) is 0.500. The molecule has 23 heavy (non-hydrogen) atoms. The summed E-state index contributed by atoms with van der Waals surface area (Å²) in [6, 6.07) is 3.49. The number of nitrogens with zero attached hydrogens (tertiary/aromatic N) is 1. The minimum atomic E-state index is -4.05. The summed E-state index contributed by atoms with van der Waals surface area (Å²) in [7, 11) is 0. The van der Waals surface area contributed by atoms with Gasteiger partial charge in [0.15, 0.2) is 0 Å². The van der Waals surface area contributed by atoms with Crippen molar-refractivity contribution in [3.63, 3.8) is 0 Å². The Bertz CT molecular complexity index is 610. The molecule has 0 spiro atoms. The third-order valence-electron chi connectivity index (χ3n) is 2.72. The molecular weight excluding hydrogens is 327 g/mol. The lowest BCUT2D eigenvalue weighted by atomic mass is 10.0. The summed E-state index contributed by atoms with van der Waals surface area (Å²) in [6.45, 7) is 8.51. The van der Waals surface area contributed by atoms with E-state index in [0.717, 1.165) is 6.07 Å². The average molecular weight is 347 g/mol. The summed E-state index contributed by atoms with van der Waals surface area (Å²) in [6.07, 6.45) is 0. The molecule has 1 aromatic rings. The molecule has 0 N–H and O–H groups in total. The van der Waals surface area contributed by atoms with Crippen LogP contribution in [0.4, 0.5) is 13.2 Å². The van der Waals surface area contributed by atoms with Crippen molar-refractivity contribution >= 4 is 23.6 Å². The molecule has 0 aliphatic heterocycles. The van der Waals surface area contributed by atoms with Crippen LogP contribution in [0.3, 0.4) is 0 Å². The summed E-state index contributed by atoms with van der Waals surface area (Å²) in [4.78, 5) is 11.4. The summed E-state index contributed by atoms with van der Waals surface area (Å²) >= 11 is 1.22. The Morgan fingerprint density at radius 1 is 1.30 bits per heavy atom. The number of esters is 1. The van der Waals surface area contributed by atoms with Crippen LogP contribution in [0, 0.1) is 5.82 Å². The largest absolute Gasteiger partial charge is 0.461 e. The predicted molar refractivity (Wildman–Crippen MR) is 86.5 cm³/mol. The molecule has 0 aliphatic carbocycles. The molecule has 0 heterocycles. The first-order valence-corrected chi connectivity index (χ1v) is 7.85. The predicted octanol–water partition coefficient (Wildman–Crippen LogP) is 4.74. The van der Waals surface area contributed by atoms with Gasteiger partial charge < -0.3 is 4.74 Å². The fourth-order valence-electron chi connectivity index (χ4n) is 1.64. The lowest BCUT2D eigenvalue weighted by Gasteiger charge is -2.17. The monoisotopic (exact) mass is 347 g/mol.